The quantitative estimate of drug-likeness (QED) is 0.177. The lowest BCUT2D eigenvalue weighted by atomic mass is 10.1. The second kappa shape index (κ2) is 24.4. The molecule has 1 atom stereocenters. The molecule has 0 aromatic rings. The average molecular weight is 428 g/mol. The topological polar surface area (TPSA) is 91.9 Å². The van der Waals surface area contributed by atoms with E-state index in [0.717, 1.165) is 19.5 Å². The zero-order valence-corrected chi connectivity index (χ0v) is 20.7. The summed E-state index contributed by atoms with van der Waals surface area (Å²) in [5.41, 5.74) is 0. The first-order valence-corrected chi connectivity index (χ1v) is 12.3. The zero-order valence-electron chi connectivity index (χ0n) is 20.7. The molecule has 0 saturated carbocycles. The summed E-state index contributed by atoms with van der Waals surface area (Å²) in [6, 6.07) is -0.470. The van der Waals surface area contributed by atoms with Crippen LogP contribution in [0.4, 0.5) is 0 Å². The highest BCUT2D eigenvalue weighted by Crippen LogP contribution is 2.10. The van der Waals surface area contributed by atoms with Crippen molar-refractivity contribution in [3.05, 3.63) is 12.2 Å². The smallest absolute Gasteiger partial charge is 0.0586 e. The van der Waals surface area contributed by atoms with Crippen molar-refractivity contribution in [3.8, 4) is 0 Å². The maximum absolute atomic E-state index is 11.0. The molecule has 0 amide bonds. The van der Waals surface area contributed by atoms with Crippen LogP contribution in [0.3, 0.4) is 0 Å². The Kier molecular flexibility index (Phi) is 25.4. The molecule has 1 unspecified atom stereocenters. The molecule has 0 spiro atoms. The summed E-state index contributed by atoms with van der Waals surface area (Å²) >= 11 is 0. The average Bonchev–Trinajstić information content (AvgIpc) is 2.68. The van der Waals surface area contributed by atoms with Crippen molar-refractivity contribution < 1.29 is 9.90 Å². The highest BCUT2D eigenvalue weighted by Gasteiger charge is 2.11. The molecule has 0 heterocycles. The van der Waals surface area contributed by atoms with E-state index in [0.29, 0.717) is 6.42 Å². The highest BCUT2D eigenvalue weighted by molar-refractivity contribution is 5.70. The summed E-state index contributed by atoms with van der Waals surface area (Å²) in [7, 11) is 3.58. The van der Waals surface area contributed by atoms with Crippen molar-refractivity contribution in [2.45, 2.75) is 116 Å². The van der Waals surface area contributed by atoms with Gasteiger partial charge in [-0.2, -0.15) is 0 Å². The van der Waals surface area contributed by atoms with Gasteiger partial charge in [0.2, 0.25) is 0 Å². The summed E-state index contributed by atoms with van der Waals surface area (Å²) < 4.78 is 0. The van der Waals surface area contributed by atoms with Crippen molar-refractivity contribution in [1.29, 1.82) is 0 Å². The molecular weight excluding hydrogens is 374 g/mol. The molecule has 0 aliphatic carbocycles. The van der Waals surface area contributed by atoms with Crippen LogP contribution in [-0.2, 0) is 4.79 Å². The van der Waals surface area contributed by atoms with Gasteiger partial charge in [0, 0.05) is 6.04 Å². The normalized spacial score (nSPS) is 12.4. The fourth-order valence-electron chi connectivity index (χ4n) is 3.63. The van der Waals surface area contributed by atoms with Gasteiger partial charge in [0.05, 0.1) is 5.97 Å². The first-order valence-electron chi connectivity index (χ1n) is 12.3. The molecule has 0 aliphatic rings. The number of nitrogens with zero attached hydrogens (tertiary/aromatic N) is 1. The molecule has 5 N–H and O–H groups in total. The Balaban J connectivity index is 0. The summed E-state index contributed by atoms with van der Waals surface area (Å²) in [6.07, 6.45) is 25.0. The Bertz CT molecular complexity index is 387. The number of hydrogen-bond acceptors (Lipinski definition) is 4. The summed E-state index contributed by atoms with van der Waals surface area (Å²) in [6.45, 7) is 4.20. The van der Waals surface area contributed by atoms with Gasteiger partial charge in [0.25, 0.3) is 0 Å². The summed E-state index contributed by atoms with van der Waals surface area (Å²) in [5, 5.41) is 14.4. The van der Waals surface area contributed by atoms with Gasteiger partial charge in [-0.15, -0.1) is 0 Å². The number of unbranched alkanes of at least 4 members (excludes halogenated alkanes) is 12. The Labute approximate surface area is 187 Å². The molecule has 5 heteroatoms. The molecule has 0 aliphatic heterocycles. The summed E-state index contributed by atoms with van der Waals surface area (Å²) in [4.78, 5) is 12.7. The molecule has 0 rings (SSSR count). The molecule has 0 bridgehead atoms. The lowest BCUT2D eigenvalue weighted by Gasteiger charge is -2.25. The predicted molar refractivity (Wildman–Crippen MR) is 130 cm³/mol. The van der Waals surface area contributed by atoms with Crippen molar-refractivity contribution >= 4 is 5.97 Å². The van der Waals surface area contributed by atoms with Gasteiger partial charge in [-0.05, 0) is 72.1 Å². The maximum atomic E-state index is 11.0. The standard InChI is InChI=1S/C25H50N2O2.H3N/c1-4-5-6-7-8-9-10-11-12-13-14-15-16-17-18-19-22-26-23-20-21-24(25(28)29)27(2)3;/h11-12,24,26H,4-10,13-23H2,1-3H3,(H,28,29);1H3/b12-11-;. The van der Waals surface area contributed by atoms with Gasteiger partial charge in [-0.3, -0.25) is 0 Å². The van der Waals surface area contributed by atoms with Crippen LogP contribution >= 0.6 is 0 Å². The SMILES string of the molecule is CCCCCCCC/C=C\CCCCCCCCNCCCC(C(=O)[O-])N(C)C.[NH4+]. The number of quaternary nitrogens is 1. The van der Waals surface area contributed by atoms with E-state index in [9.17, 15) is 9.90 Å². The zero-order chi connectivity index (χ0) is 21.6. The van der Waals surface area contributed by atoms with Gasteiger partial charge in [-0.1, -0.05) is 76.9 Å². The number of hydrogen-bond donors (Lipinski definition) is 2. The second-order valence-electron chi connectivity index (χ2n) is 8.63. The molecule has 30 heavy (non-hydrogen) atoms. The molecule has 0 radical (unpaired) electrons. The van der Waals surface area contributed by atoms with Gasteiger partial charge >= 0.3 is 0 Å². The van der Waals surface area contributed by atoms with Crippen LogP contribution in [0.1, 0.15) is 110 Å². The Hall–Kier alpha value is -0.910. The molecule has 0 fully saturated rings. The number of carboxylic acid groups (broad SMARTS) is 1. The fraction of sp³-hybridized carbons (Fsp3) is 0.880. The predicted octanol–water partition coefficient (Wildman–Crippen LogP) is 5.45. The van der Waals surface area contributed by atoms with E-state index in [1.165, 1.54) is 89.9 Å². The van der Waals surface area contributed by atoms with Gasteiger partial charge in [0.15, 0.2) is 0 Å². The molecule has 5 nitrogen and oxygen atoms in total. The number of rotatable bonds is 22. The Morgan fingerprint density at radius 2 is 1.27 bits per heavy atom. The number of likely N-dealkylation sites (N-methyl/N-ethyl adjacent to an activating group) is 1. The number of carbonyl (C=O) groups excluding carboxylic acids is 1. The van der Waals surface area contributed by atoms with E-state index in [4.69, 9.17) is 0 Å². The Morgan fingerprint density at radius 1 is 0.800 bits per heavy atom. The molecule has 0 saturated heterocycles. The number of nitrogens with one attached hydrogen (secondary N) is 1. The lowest BCUT2D eigenvalue weighted by molar-refractivity contribution is -0.311. The van der Waals surface area contributed by atoms with Crippen LogP contribution in [0.25, 0.3) is 0 Å². The van der Waals surface area contributed by atoms with E-state index >= 15 is 0 Å². The third kappa shape index (κ3) is 21.8. The number of aliphatic carboxylic acids is 1. The highest BCUT2D eigenvalue weighted by atomic mass is 16.4. The Morgan fingerprint density at radius 3 is 1.77 bits per heavy atom. The lowest BCUT2D eigenvalue weighted by Crippen LogP contribution is -2.45. The molecule has 180 valence electrons. The van der Waals surface area contributed by atoms with Crippen molar-refractivity contribution in [2.75, 3.05) is 27.2 Å². The summed E-state index contributed by atoms with van der Waals surface area (Å²) in [5.74, 6) is -0.969. The van der Waals surface area contributed by atoms with Crippen molar-refractivity contribution in [2.24, 2.45) is 0 Å². The van der Waals surface area contributed by atoms with Crippen LogP contribution in [0.5, 0.6) is 0 Å². The van der Waals surface area contributed by atoms with Gasteiger partial charge in [0.1, 0.15) is 0 Å². The second-order valence-corrected chi connectivity index (χ2v) is 8.63. The number of carbonyl (C=O) groups is 1. The van der Waals surface area contributed by atoms with Crippen LogP contribution < -0.4 is 16.6 Å². The van der Waals surface area contributed by atoms with Gasteiger partial charge in [-0.25, -0.2) is 0 Å². The molecule has 0 aromatic carbocycles. The maximum Gasteiger partial charge on any atom is 0.0586 e. The fourth-order valence-corrected chi connectivity index (χ4v) is 3.63. The third-order valence-electron chi connectivity index (χ3n) is 5.59. The molecule has 0 aromatic heterocycles. The van der Waals surface area contributed by atoms with Crippen LogP contribution in [0, 0.1) is 0 Å². The number of carboxylic acids is 1. The van der Waals surface area contributed by atoms with Crippen molar-refractivity contribution in [1.82, 2.24) is 16.4 Å². The first kappa shape index (κ1) is 31.3. The molecular formula is C25H53N3O2. The monoisotopic (exact) mass is 427 g/mol. The van der Waals surface area contributed by atoms with E-state index in [1.807, 2.05) is 0 Å². The third-order valence-corrected chi connectivity index (χ3v) is 5.59. The van der Waals surface area contributed by atoms with E-state index in [-0.39, 0.29) is 6.15 Å². The minimum Gasteiger partial charge on any atom is -0.548 e. The van der Waals surface area contributed by atoms with Gasteiger partial charge < -0.3 is 26.3 Å². The largest absolute Gasteiger partial charge is 0.548 e. The van der Waals surface area contributed by atoms with Crippen molar-refractivity contribution in [3.63, 3.8) is 0 Å². The van der Waals surface area contributed by atoms with Crippen LogP contribution in [0.15, 0.2) is 12.2 Å². The number of allylic oxidation sites excluding steroid dienone is 2. The minimum absolute atomic E-state index is 0. The van der Waals surface area contributed by atoms with Crippen LogP contribution in [-0.4, -0.2) is 44.1 Å². The van der Waals surface area contributed by atoms with Crippen LogP contribution in [0.2, 0.25) is 0 Å². The van der Waals surface area contributed by atoms with E-state index in [2.05, 4.69) is 24.4 Å². The van der Waals surface area contributed by atoms with E-state index in [1.54, 1.807) is 19.0 Å². The first-order chi connectivity index (χ1) is 14.1. The minimum atomic E-state index is -0.969. The van der Waals surface area contributed by atoms with E-state index < -0.39 is 12.0 Å².